The molecule has 0 aliphatic rings. The van der Waals surface area contributed by atoms with E-state index in [0.717, 1.165) is 17.8 Å². The number of rotatable bonds is 2. The summed E-state index contributed by atoms with van der Waals surface area (Å²) < 4.78 is 39.7. The first kappa shape index (κ1) is 14.6. The monoisotopic (exact) mass is 284 g/mol. The maximum absolute atomic E-state index is 12.7. The average Bonchev–Trinajstić information content (AvgIpc) is 2.62. The molecule has 0 saturated carbocycles. The molecule has 1 unspecified atom stereocenters. The summed E-state index contributed by atoms with van der Waals surface area (Å²) in [6.45, 7) is 3.49. The fourth-order valence-electron chi connectivity index (χ4n) is 2.24. The largest absolute Gasteiger partial charge is 0.416 e. The van der Waals surface area contributed by atoms with E-state index in [1.165, 1.54) is 12.1 Å². The predicted molar refractivity (Wildman–Crippen MR) is 68.2 cm³/mol. The van der Waals surface area contributed by atoms with Gasteiger partial charge in [-0.3, -0.25) is 4.68 Å². The molecule has 108 valence electrons. The normalized spacial score (nSPS) is 13.6. The highest BCUT2D eigenvalue weighted by Crippen LogP contribution is 2.33. The van der Waals surface area contributed by atoms with E-state index in [1.807, 2.05) is 0 Å². The Hall–Kier alpha value is -1.82. The van der Waals surface area contributed by atoms with Gasteiger partial charge in [-0.1, -0.05) is 12.1 Å². The Kier molecular flexibility index (Phi) is 3.60. The molecular formula is C14H15F3N2O. The topological polar surface area (TPSA) is 38.0 Å². The minimum atomic E-state index is -4.42. The number of alkyl halides is 3. The average molecular weight is 284 g/mol. The maximum atomic E-state index is 12.7. The van der Waals surface area contributed by atoms with Crippen LogP contribution in [0.15, 0.2) is 24.3 Å². The second-order valence-corrected chi connectivity index (χ2v) is 4.73. The van der Waals surface area contributed by atoms with Crippen LogP contribution in [-0.4, -0.2) is 14.9 Å². The highest BCUT2D eigenvalue weighted by atomic mass is 19.4. The van der Waals surface area contributed by atoms with Gasteiger partial charge in [-0.2, -0.15) is 18.3 Å². The van der Waals surface area contributed by atoms with Crippen LogP contribution >= 0.6 is 0 Å². The first-order valence-electron chi connectivity index (χ1n) is 6.07. The molecule has 0 bridgehead atoms. The smallest absolute Gasteiger partial charge is 0.384 e. The Balaban J connectivity index is 2.46. The molecule has 0 aliphatic carbocycles. The second-order valence-electron chi connectivity index (χ2n) is 4.73. The molecule has 0 aliphatic heterocycles. The van der Waals surface area contributed by atoms with Gasteiger partial charge in [-0.15, -0.1) is 0 Å². The van der Waals surface area contributed by atoms with Crippen molar-refractivity contribution in [2.45, 2.75) is 26.1 Å². The lowest BCUT2D eigenvalue weighted by Crippen LogP contribution is -2.08. The van der Waals surface area contributed by atoms with Crippen molar-refractivity contribution in [1.29, 1.82) is 0 Å². The Morgan fingerprint density at radius 1 is 1.25 bits per heavy atom. The lowest BCUT2D eigenvalue weighted by Gasteiger charge is -2.14. The quantitative estimate of drug-likeness (QED) is 0.920. The predicted octanol–water partition coefficient (Wildman–Crippen LogP) is 3.14. The van der Waals surface area contributed by atoms with Gasteiger partial charge >= 0.3 is 6.18 Å². The summed E-state index contributed by atoms with van der Waals surface area (Å²) in [7, 11) is 1.73. The molecule has 0 spiro atoms. The van der Waals surface area contributed by atoms with Gasteiger partial charge in [-0.25, -0.2) is 0 Å². The maximum Gasteiger partial charge on any atom is 0.416 e. The van der Waals surface area contributed by atoms with E-state index in [1.54, 1.807) is 25.6 Å². The highest BCUT2D eigenvalue weighted by molar-refractivity contribution is 5.37. The first-order valence-corrected chi connectivity index (χ1v) is 6.07. The molecule has 0 fully saturated rings. The number of aliphatic hydroxyl groups excluding tert-OH is 1. The number of aliphatic hydroxyl groups is 1. The number of hydrogen-bond donors (Lipinski definition) is 1. The lowest BCUT2D eigenvalue weighted by molar-refractivity contribution is -0.137. The zero-order valence-electron chi connectivity index (χ0n) is 11.4. The van der Waals surface area contributed by atoms with E-state index < -0.39 is 17.8 Å². The lowest BCUT2D eigenvalue weighted by atomic mass is 9.98. The van der Waals surface area contributed by atoms with Crippen molar-refractivity contribution in [1.82, 2.24) is 9.78 Å². The molecule has 0 amide bonds. The van der Waals surface area contributed by atoms with Crippen LogP contribution in [0.5, 0.6) is 0 Å². The molecule has 20 heavy (non-hydrogen) atoms. The molecular weight excluding hydrogens is 269 g/mol. The van der Waals surface area contributed by atoms with Crippen molar-refractivity contribution < 1.29 is 18.3 Å². The van der Waals surface area contributed by atoms with Crippen molar-refractivity contribution >= 4 is 0 Å². The summed E-state index contributed by atoms with van der Waals surface area (Å²) in [5, 5.41) is 14.5. The molecule has 3 nitrogen and oxygen atoms in total. The van der Waals surface area contributed by atoms with Crippen LogP contribution in [0, 0.1) is 13.8 Å². The zero-order chi connectivity index (χ0) is 15.1. The third-order valence-corrected chi connectivity index (χ3v) is 3.37. The summed E-state index contributed by atoms with van der Waals surface area (Å²) in [5.41, 5.74) is 1.32. The van der Waals surface area contributed by atoms with E-state index in [-0.39, 0.29) is 5.56 Å². The standard InChI is InChI=1S/C14H15F3N2O/c1-8-12(9(2)19(3)18-8)13(20)10-5-4-6-11(7-10)14(15,16)17/h4-7,13,20H,1-3H3. The molecule has 1 aromatic heterocycles. The van der Waals surface area contributed by atoms with Crippen molar-refractivity contribution in [3.8, 4) is 0 Å². The second kappa shape index (κ2) is 4.94. The van der Waals surface area contributed by atoms with E-state index in [2.05, 4.69) is 5.10 Å². The fraction of sp³-hybridized carbons (Fsp3) is 0.357. The van der Waals surface area contributed by atoms with Crippen LogP contribution in [0.4, 0.5) is 13.2 Å². The van der Waals surface area contributed by atoms with Gasteiger partial charge in [0.05, 0.1) is 11.3 Å². The third-order valence-electron chi connectivity index (χ3n) is 3.37. The van der Waals surface area contributed by atoms with Gasteiger partial charge < -0.3 is 5.11 Å². The van der Waals surface area contributed by atoms with Crippen LogP contribution in [0.1, 0.15) is 34.2 Å². The third kappa shape index (κ3) is 2.56. The van der Waals surface area contributed by atoms with E-state index in [9.17, 15) is 18.3 Å². The van der Waals surface area contributed by atoms with Gasteiger partial charge in [-0.05, 0) is 31.5 Å². The number of nitrogens with zero attached hydrogens (tertiary/aromatic N) is 2. The Morgan fingerprint density at radius 2 is 1.90 bits per heavy atom. The first-order chi connectivity index (χ1) is 9.21. The summed E-state index contributed by atoms with van der Waals surface area (Å²) in [4.78, 5) is 0. The molecule has 6 heteroatoms. The molecule has 1 aromatic carbocycles. The van der Waals surface area contributed by atoms with E-state index in [4.69, 9.17) is 0 Å². The Labute approximate surface area is 114 Å². The Morgan fingerprint density at radius 3 is 2.40 bits per heavy atom. The van der Waals surface area contributed by atoms with Crippen LogP contribution in [0.25, 0.3) is 0 Å². The van der Waals surface area contributed by atoms with Crippen molar-refractivity contribution in [2.24, 2.45) is 7.05 Å². The van der Waals surface area contributed by atoms with Crippen LogP contribution < -0.4 is 0 Å². The van der Waals surface area contributed by atoms with Crippen molar-refractivity contribution in [3.63, 3.8) is 0 Å². The van der Waals surface area contributed by atoms with Crippen LogP contribution in [0.2, 0.25) is 0 Å². The molecule has 0 saturated heterocycles. The molecule has 1 N–H and O–H groups in total. The summed E-state index contributed by atoms with van der Waals surface area (Å²) >= 11 is 0. The molecule has 2 aromatic rings. The minimum Gasteiger partial charge on any atom is -0.384 e. The van der Waals surface area contributed by atoms with Gasteiger partial charge in [0, 0.05) is 18.3 Å². The zero-order valence-corrected chi connectivity index (χ0v) is 11.4. The van der Waals surface area contributed by atoms with Crippen LogP contribution in [0.3, 0.4) is 0 Å². The molecule has 0 radical (unpaired) electrons. The minimum absolute atomic E-state index is 0.207. The van der Waals surface area contributed by atoms with Crippen LogP contribution in [-0.2, 0) is 13.2 Å². The molecule has 1 heterocycles. The molecule has 2 rings (SSSR count). The molecule has 1 atom stereocenters. The number of benzene rings is 1. The van der Waals surface area contributed by atoms with Gasteiger partial charge in [0.1, 0.15) is 6.10 Å². The van der Waals surface area contributed by atoms with E-state index in [0.29, 0.717) is 11.3 Å². The summed E-state index contributed by atoms with van der Waals surface area (Å²) in [6.07, 6.45) is -5.54. The van der Waals surface area contributed by atoms with Gasteiger partial charge in [0.15, 0.2) is 0 Å². The number of aryl methyl sites for hydroxylation is 2. The summed E-state index contributed by atoms with van der Waals surface area (Å²) in [5.74, 6) is 0. The van der Waals surface area contributed by atoms with Gasteiger partial charge in [0.25, 0.3) is 0 Å². The van der Waals surface area contributed by atoms with Crippen molar-refractivity contribution in [3.05, 3.63) is 52.3 Å². The number of hydrogen-bond acceptors (Lipinski definition) is 2. The SMILES string of the molecule is Cc1nn(C)c(C)c1C(O)c1cccc(C(F)(F)F)c1. The Bertz CT molecular complexity index is 632. The van der Waals surface area contributed by atoms with Gasteiger partial charge in [0.2, 0.25) is 0 Å². The summed E-state index contributed by atoms with van der Waals surface area (Å²) in [6, 6.07) is 4.73. The van der Waals surface area contributed by atoms with Crippen molar-refractivity contribution in [2.75, 3.05) is 0 Å². The highest BCUT2D eigenvalue weighted by Gasteiger charge is 2.31. The number of aromatic nitrogens is 2. The fourth-order valence-corrected chi connectivity index (χ4v) is 2.24. The van der Waals surface area contributed by atoms with E-state index >= 15 is 0 Å². The number of halogens is 3.